The van der Waals surface area contributed by atoms with E-state index in [2.05, 4.69) is 4.90 Å². The number of aliphatic hydroxyl groups excluding tert-OH is 1. The second-order valence-electron chi connectivity index (χ2n) is 10.8. The topological polar surface area (TPSA) is 115 Å². The number of para-hydroxylation sites is 2. The number of hydrogen-bond donors (Lipinski definition) is 2. The minimum absolute atomic E-state index is 0.0411. The lowest BCUT2D eigenvalue weighted by Gasteiger charge is -2.29. The molecule has 45 heavy (non-hydrogen) atoms. The summed E-state index contributed by atoms with van der Waals surface area (Å²) in [5.41, 5.74) is 9.54. The lowest BCUT2D eigenvalue weighted by Crippen LogP contribution is -2.42. The van der Waals surface area contributed by atoms with Crippen LogP contribution in [-0.4, -0.2) is 73.7 Å². The standard InChI is InChI=1S/C33H38F3N3O6/c1-23(18-25-19-26-12-14-38(13-7-16-40)30(26)27(20-25)31(37)41)39(32(42)44-21-24-8-3-2-4-9-24)15-17-43-28-10-5-6-11-29(28)45-22-33(34,35)36/h2-6,8-11,19-20,23,40H,7,12-18,21-22H2,1H3,(H2,37,41)/t23-/m1/s1. The van der Waals surface area contributed by atoms with E-state index in [1.54, 1.807) is 12.1 Å². The normalized spacial score (nSPS) is 13.2. The van der Waals surface area contributed by atoms with E-state index in [0.29, 0.717) is 31.5 Å². The molecule has 0 unspecified atom stereocenters. The summed E-state index contributed by atoms with van der Waals surface area (Å²) in [6.45, 7) is 1.79. The van der Waals surface area contributed by atoms with Crippen LogP contribution in [0.3, 0.4) is 0 Å². The molecule has 0 radical (unpaired) electrons. The van der Waals surface area contributed by atoms with Gasteiger partial charge in [0.1, 0.15) is 13.2 Å². The van der Waals surface area contributed by atoms with Crippen molar-refractivity contribution < 1.29 is 42.1 Å². The number of nitrogens with two attached hydrogens (primary N) is 1. The molecule has 3 N–H and O–H groups in total. The van der Waals surface area contributed by atoms with Crippen molar-refractivity contribution in [2.24, 2.45) is 5.73 Å². The number of carbonyl (C=O) groups excluding carboxylic acids is 2. The Bertz CT molecular complexity index is 1440. The largest absolute Gasteiger partial charge is 0.488 e. The number of ether oxygens (including phenoxy) is 3. The smallest absolute Gasteiger partial charge is 0.422 e. The highest BCUT2D eigenvalue weighted by molar-refractivity contribution is 6.00. The molecule has 1 atom stereocenters. The predicted molar refractivity (Wildman–Crippen MR) is 163 cm³/mol. The number of rotatable bonds is 15. The first-order valence-corrected chi connectivity index (χ1v) is 14.8. The van der Waals surface area contributed by atoms with Gasteiger partial charge >= 0.3 is 12.3 Å². The Morgan fingerprint density at radius 3 is 2.38 bits per heavy atom. The predicted octanol–water partition coefficient (Wildman–Crippen LogP) is 5.12. The number of hydrogen-bond acceptors (Lipinski definition) is 7. The first kappa shape index (κ1) is 33.4. The van der Waals surface area contributed by atoms with Crippen LogP contribution in [0.5, 0.6) is 11.5 Å². The van der Waals surface area contributed by atoms with Crippen LogP contribution in [0.15, 0.2) is 66.7 Å². The molecule has 0 aliphatic carbocycles. The summed E-state index contributed by atoms with van der Waals surface area (Å²) in [4.78, 5) is 29.4. The number of nitrogens with zero attached hydrogens (tertiary/aromatic N) is 2. The molecule has 12 heteroatoms. The Labute approximate surface area is 260 Å². The molecule has 0 fully saturated rings. The fourth-order valence-electron chi connectivity index (χ4n) is 5.33. The van der Waals surface area contributed by atoms with Crippen LogP contribution in [0.4, 0.5) is 23.7 Å². The van der Waals surface area contributed by atoms with Gasteiger partial charge in [-0.05, 0) is 61.1 Å². The quantitative estimate of drug-likeness (QED) is 0.240. The third-order valence-corrected chi connectivity index (χ3v) is 7.40. The van der Waals surface area contributed by atoms with E-state index in [1.165, 1.54) is 23.1 Å². The lowest BCUT2D eigenvalue weighted by atomic mass is 9.97. The van der Waals surface area contributed by atoms with E-state index < -0.39 is 30.8 Å². The molecule has 4 rings (SSSR count). The molecule has 2 amide bonds. The molecule has 0 bridgehead atoms. The Morgan fingerprint density at radius 1 is 1.02 bits per heavy atom. The maximum atomic E-state index is 13.4. The molecular formula is C33H38F3N3O6. The van der Waals surface area contributed by atoms with Gasteiger partial charge in [-0.3, -0.25) is 4.79 Å². The first-order chi connectivity index (χ1) is 21.6. The van der Waals surface area contributed by atoms with Gasteiger partial charge in [-0.2, -0.15) is 13.2 Å². The molecule has 9 nitrogen and oxygen atoms in total. The van der Waals surface area contributed by atoms with Gasteiger partial charge in [-0.25, -0.2) is 4.79 Å². The van der Waals surface area contributed by atoms with Crippen LogP contribution in [0.1, 0.15) is 40.4 Å². The van der Waals surface area contributed by atoms with Gasteiger partial charge in [0.05, 0.1) is 17.8 Å². The second-order valence-corrected chi connectivity index (χ2v) is 10.8. The third kappa shape index (κ3) is 9.52. The van der Waals surface area contributed by atoms with Gasteiger partial charge in [0.25, 0.3) is 5.91 Å². The van der Waals surface area contributed by atoms with E-state index >= 15 is 0 Å². The van der Waals surface area contributed by atoms with Crippen LogP contribution in [0.2, 0.25) is 0 Å². The number of carbonyl (C=O) groups is 2. The van der Waals surface area contributed by atoms with Crippen molar-refractivity contribution in [2.75, 3.05) is 44.4 Å². The molecule has 0 saturated heterocycles. The number of aliphatic hydroxyl groups is 1. The van der Waals surface area contributed by atoms with Crippen molar-refractivity contribution in [1.29, 1.82) is 0 Å². The summed E-state index contributed by atoms with van der Waals surface area (Å²) in [6, 6.07) is 18.6. The summed E-state index contributed by atoms with van der Waals surface area (Å²) in [5.74, 6) is -0.510. The molecule has 242 valence electrons. The van der Waals surface area contributed by atoms with E-state index in [9.17, 15) is 27.9 Å². The van der Waals surface area contributed by atoms with Crippen LogP contribution in [0.25, 0.3) is 0 Å². The molecular weight excluding hydrogens is 591 g/mol. The van der Waals surface area contributed by atoms with Crippen molar-refractivity contribution >= 4 is 17.7 Å². The van der Waals surface area contributed by atoms with E-state index in [0.717, 1.165) is 28.8 Å². The van der Waals surface area contributed by atoms with Crippen LogP contribution in [-0.2, 0) is 24.2 Å². The second kappa shape index (κ2) is 15.5. The molecule has 3 aromatic rings. The van der Waals surface area contributed by atoms with E-state index in [-0.39, 0.29) is 37.9 Å². The molecule has 1 aliphatic rings. The van der Waals surface area contributed by atoms with Crippen molar-refractivity contribution in [3.63, 3.8) is 0 Å². The van der Waals surface area contributed by atoms with Gasteiger partial charge in [-0.1, -0.05) is 48.5 Å². The highest BCUT2D eigenvalue weighted by atomic mass is 19.4. The average Bonchev–Trinajstić information content (AvgIpc) is 3.42. The highest BCUT2D eigenvalue weighted by Crippen LogP contribution is 2.34. The number of halogens is 3. The molecule has 3 aromatic carbocycles. The fraction of sp³-hybridized carbons (Fsp3) is 0.394. The zero-order chi connectivity index (χ0) is 32.4. The van der Waals surface area contributed by atoms with Gasteiger partial charge in [0.2, 0.25) is 0 Å². The average molecular weight is 630 g/mol. The SMILES string of the molecule is C[C@H](Cc1cc2c(c(C(N)=O)c1)N(CCCO)CC2)N(CCOc1ccccc1OCC(F)(F)F)C(=O)OCc1ccccc1. The number of anilines is 1. The highest BCUT2D eigenvalue weighted by Gasteiger charge is 2.30. The molecule has 1 aliphatic heterocycles. The minimum atomic E-state index is -4.51. The third-order valence-electron chi connectivity index (χ3n) is 7.40. The number of benzene rings is 3. The number of alkyl halides is 3. The molecule has 0 saturated carbocycles. The summed E-state index contributed by atoms with van der Waals surface area (Å²) in [6.07, 6.45) is -3.45. The van der Waals surface area contributed by atoms with Crippen molar-refractivity contribution in [2.45, 2.75) is 45.0 Å². The number of primary amides is 1. The monoisotopic (exact) mass is 629 g/mol. The number of fused-ring (bicyclic) bond motifs is 1. The summed E-state index contributed by atoms with van der Waals surface area (Å²) in [5, 5.41) is 9.27. The molecule has 1 heterocycles. The lowest BCUT2D eigenvalue weighted by molar-refractivity contribution is -0.153. The van der Waals surface area contributed by atoms with Crippen LogP contribution < -0.4 is 20.1 Å². The van der Waals surface area contributed by atoms with Gasteiger partial charge in [0.15, 0.2) is 18.1 Å². The van der Waals surface area contributed by atoms with Gasteiger partial charge < -0.3 is 34.9 Å². The summed E-state index contributed by atoms with van der Waals surface area (Å²) >= 11 is 0. The van der Waals surface area contributed by atoms with E-state index in [1.807, 2.05) is 43.3 Å². The first-order valence-electron chi connectivity index (χ1n) is 14.8. The fourth-order valence-corrected chi connectivity index (χ4v) is 5.33. The Hall–Kier alpha value is -4.45. The Balaban J connectivity index is 1.50. The molecule has 0 aromatic heterocycles. The van der Waals surface area contributed by atoms with Crippen LogP contribution in [0, 0.1) is 0 Å². The van der Waals surface area contributed by atoms with Gasteiger partial charge in [0, 0.05) is 25.7 Å². The Kier molecular flexibility index (Phi) is 11.5. The summed E-state index contributed by atoms with van der Waals surface area (Å²) in [7, 11) is 0. The van der Waals surface area contributed by atoms with Crippen molar-refractivity contribution in [1.82, 2.24) is 4.90 Å². The zero-order valence-electron chi connectivity index (χ0n) is 25.1. The molecule has 0 spiro atoms. The Morgan fingerprint density at radius 2 is 1.71 bits per heavy atom. The van der Waals surface area contributed by atoms with Gasteiger partial charge in [-0.15, -0.1) is 0 Å². The summed E-state index contributed by atoms with van der Waals surface area (Å²) < 4.78 is 54.5. The maximum Gasteiger partial charge on any atom is 0.422 e. The van der Waals surface area contributed by atoms with Crippen molar-refractivity contribution in [3.05, 3.63) is 89.0 Å². The maximum absolute atomic E-state index is 13.4. The van der Waals surface area contributed by atoms with Crippen LogP contribution >= 0.6 is 0 Å². The number of amides is 2. The van der Waals surface area contributed by atoms with E-state index in [4.69, 9.17) is 19.9 Å². The minimum Gasteiger partial charge on any atom is -0.488 e. The van der Waals surface area contributed by atoms with Crippen molar-refractivity contribution in [3.8, 4) is 11.5 Å². The zero-order valence-corrected chi connectivity index (χ0v) is 25.1.